The minimum absolute atomic E-state index is 0.0788. The van der Waals surface area contributed by atoms with Gasteiger partial charge in [0.2, 0.25) is 10.0 Å². The number of nitrogens with zero attached hydrogens (tertiary/aromatic N) is 2. The first-order chi connectivity index (χ1) is 11.0. The highest BCUT2D eigenvalue weighted by molar-refractivity contribution is 7.89. The van der Waals surface area contributed by atoms with Crippen molar-refractivity contribution >= 4 is 15.7 Å². The third kappa shape index (κ3) is 3.09. The second-order valence-corrected chi connectivity index (χ2v) is 7.03. The van der Waals surface area contributed by atoms with Crippen molar-refractivity contribution in [1.29, 1.82) is 0 Å². The predicted molar refractivity (Wildman–Crippen MR) is 82.1 cm³/mol. The molecule has 23 heavy (non-hydrogen) atoms. The lowest BCUT2D eigenvalue weighted by molar-refractivity contribution is -0.385. The molecule has 1 saturated heterocycles. The lowest BCUT2D eigenvalue weighted by atomic mass is 10.1. The van der Waals surface area contributed by atoms with Crippen molar-refractivity contribution in [3.05, 3.63) is 70.3 Å². The first kappa shape index (κ1) is 15.6. The van der Waals surface area contributed by atoms with Gasteiger partial charge in [0, 0.05) is 18.7 Å². The van der Waals surface area contributed by atoms with Gasteiger partial charge in [0.1, 0.15) is 6.73 Å². The van der Waals surface area contributed by atoms with E-state index in [9.17, 15) is 18.5 Å². The Morgan fingerprint density at radius 2 is 1.87 bits per heavy atom. The van der Waals surface area contributed by atoms with Crippen LogP contribution in [0.25, 0.3) is 0 Å². The van der Waals surface area contributed by atoms with Crippen LogP contribution in [0.2, 0.25) is 0 Å². The fraction of sp³-hybridized carbons (Fsp3) is 0.200. The SMILES string of the molecule is O=[N+]([O-])c1cccc(S(=O)(=O)N2COC(c3ccccc3)C2)c1. The highest BCUT2D eigenvalue weighted by Gasteiger charge is 2.34. The molecule has 1 heterocycles. The fourth-order valence-corrected chi connectivity index (χ4v) is 3.76. The summed E-state index contributed by atoms with van der Waals surface area (Å²) < 4.78 is 32.0. The molecule has 0 spiro atoms. The van der Waals surface area contributed by atoms with Gasteiger partial charge in [0.15, 0.2) is 0 Å². The molecule has 7 nitrogen and oxygen atoms in total. The van der Waals surface area contributed by atoms with Crippen molar-refractivity contribution in [2.24, 2.45) is 0 Å². The number of rotatable bonds is 4. The van der Waals surface area contributed by atoms with Crippen molar-refractivity contribution < 1.29 is 18.1 Å². The Bertz CT molecular complexity index is 823. The Hall–Kier alpha value is -2.29. The minimum Gasteiger partial charge on any atom is -0.356 e. The number of nitro groups is 1. The predicted octanol–water partition coefficient (Wildman–Crippen LogP) is 2.31. The van der Waals surface area contributed by atoms with E-state index in [1.165, 1.54) is 22.5 Å². The van der Waals surface area contributed by atoms with E-state index >= 15 is 0 Å². The maximum absolute atomic E-state index is 12.6. The highest BCUT2D eigenvalue weighted by atomic mass is 32.2. The standard InChI is InChI=1S/C15H14N2O5S/c18-17(19)13-7-4-8-14(9-13)23(20,21)16-10-15(22-11-16)12-5-2-1-3-6-12/h1-9,15H,10-11H2. The summed E-state index contributed by atoms with van der Waals surface area (Å²) in [6.45, 7) is 0.0968. The molecule has 1 aliphatic rings. The first-order valence-corrected chi connectivity index (χ1v) is 8.33. The van der Waals surface area contributed by atoms with Gasteiger partial charge in [0.05, 0.1) is 15.9 Å². The molecule has 2 aromatic rings. The van der Waals surface area contributed by atoms with Gasteiger partial charge in [0.25, 0.3) is 5.69 Å². The average Bonchev–Trinajstić information content (AvgIpc) is 3.06. The lowest BCUT2D eigenvalue weighted by Gasteiger charge is -2.14. The van der Waals surface area contributed by atoms with Gasteiger partial charge in [-0.05, 0) is 11.6 Å². The van der Waals surface area contributed by atoms with Gasteiger partial charge in [-0.1, -0.05) is 36.4 Å². The first-order valence-electron chi connectivity index (χ1n) is 6.89. The molecule has 0 bridgehead atoms. The molecule has 1 fully saturated rings. The lowest BCUT2D eigenvalue weighted by Crippen LogP contribution is -2.28. The largest absolute Gasteiger partial charge is 0.356 e. The quantitative estimate of drug-likeness (QED) is 0.632. The van der Waals surface area contributed by atoms with Gasteiger partial charge >= 0.3 is 0 Å². The van der Waals surface area contributed by atoms with Crippen molar-refractivity contribution in [2.75, 3.05) is 13.3 Å². The van der Waals surface area contributed by atoms with E-state index in [0.29, 0.717) is 0 Å². The number of benzene rings is 2. The molecule has 120 valence electrons. The summed E-state index contributed by atoms with van der Waals surface area (Å²) in [5.41, 5.74) is 0.634. The van der Waals surface area contributed by atoms with Crippen LogP contribution in [0.15, 0.2) is 59.5 Å². The Morgan fingerprint density at radius 1 is 1.13 bits per heavy atom. The fourth-order valence-electron chi connectivity index (χ4n) is 2.41. The molecule has 8 heteroatoms. The zero-order chi connectivity index (χ0) is 16.4. The molecule has 3 rings (SSSR count). The summed E-state index contributed by atoms with van der Waals surface area (Å²) in [5, 5.41) is 10.8. The molecule has 1 unspecified atom stereocenters. The summed E-state index contributed by atoms with van der Waals surface area (Å²) in [7, 11) is -3.83. The van der Waals surface area contributed by atoms with Crippen LogP contribution in [0.1, 0.15) is 11.7 Å². The molecular formula is C15H14N2O5S. The zero-order valence-corrected chi connectivity index (χ0v) is 12.8. The highest BCUT2D eigenvalue weighted by Crippen LogP contribution is 2.29. The zero-order valence-electron chi connectivity index (χ0n) is 12.0. The third-order valence-corrected chi connectivity index (χ3v) is 5.41. The van der Waals surface area contributed by atoms with E-state index in [2.05, 4.69) is 0 Å². The molecule has 1 atom stereocenters. The number of non-ortho nitro benzene ring substituents is 1. The van der Waals surface area contributed by atoms with Crippen LogP contribution < -0.4 is 0 Å². The van der Waals surface area contributed by atoms with Crippen LogP contribution >= 0.6 is 0 Å². The second-order valence-electron chi connectivity index (χ2n) is 5.09. The smallest absolute Gasteiger partial charge is 0.270 e. The van der Waals surface area contributed by atoms with Crippen molar-refractivity contribution in [3.8, 4) is 0 Å². The molecule has 0 aromatic heterocycles. The van der Waals surface area contributed by atoms with Crippen LogP contribution in [-0.2, 0) is 14.8 Å². The number of nitro benzene ring substituents is 1. The van der Waals surface area contributed by atoms with Gasteiger partial charge in [-0.2, -0.15) is 4.31 Å². The second kappa shape index (κ2) is 6.07. The van der Waals surface area contributed by atoms with Crippen LogP contribution in [0, 0.1) is 10.1 Å². The molecule has 0 N–H and O–H groups in total. The number of hydrogen-bond donors (Lipinski definition) is 0. The van der Waals surface area contributed by atoms with Gasteiger partial charge in [-0.25, -0.2) is 8.42 Å². The molecular weight excluding hydrogens is 320 g/mol. The van der Waals surface area contributed by atoms with E-state index in [0.717, 1.165) is 11.6 Å². The maximum atomic E-state index is 12.6. The van der Waals surface area contributed by atoms with Crippen molar-refractivity contribution in [3.63, 3.8) is 0 Å². The minimum atomic E-state index is -3.83. The normalized spacial score (nSPS) is 18.9. The summed E-state index contributed by atoms with van der Waals surface area (Å²) in [6, 6.07) is 14.3. The van der Waals surface area contributed by atoms with Crippen molar-refractivity contribution in [1.82, 2.24) is 4.31 Å². The number of hydrogen-bond acceptors (Lipinski definition) is 5. The Labute approximate surface area is 133 Å². The van der Waals surface area contributed by atoms with Crippen LogP contribution in [0.4, 0.5) is 5.69 Å². The third-order valence-electron chi connectivity index (χ3n) is 3.63. The molecule has 2 aromatic carbocycles. The molecule has 0 aliphatic carbocycles. The van der Waals surface area contributed by atoms with E-state index in [4.69, 9.17) is 4.74 Å². The van der Waals surface area contributed by atoms with Crippen LogP contribution in [0.3, 0.4) is 0 Å². The summed E-state index contributed by atoms with van der Waals surface area (Å²) in [6.07, 6.45) is -0.343. The summed E-state index contributed by atoms with van der Waals surface area (Å²) in [4.78, 5) is 10.1. The van der Waals surface area contributed by atoms with E-state index < -0.39 is 14.9 Å². The van der Waals surface area contributed by atoms with Crippen LogP contribution in [0.5, 0.6) is 0 Å². The van der Waals surface area contributed by atoms with E-state index in [1.54, 1.807) is 0 Å². The maximum Gasteiger partial charge on any atom is 0.270 e. The monoisotopic (exact) mass is 334 g/mol. The van der Waals surface area contributed by atoms with Crippen molar-refractivity contribution in [2.45, 2.75) is 11.0 Å². The summed E-state index contributed by atoms with van der Waals surface area (Å²) in [5.74, 6) is 0. The Kier molecular flexibility index (Phi) is 4.12. The number of sulfonamides is 1. The molecule has 0 radical (unpaired) electrons. The summed E-state index contributed by atoms with van der Waals surface area (Å²) >= 11 is 0. The van der Waals surface area contributed by atoms with Gasteiger partial charge in [-0.15, -0.1) is 0 Å². The van der Waals surface area contributed by atoms with Gasteiger partial charge < -0.3 is 4.74 Å². The van der Waals surface area contributed by atoms with Crippen LogP contribution in [-0.4, -0.2) is 30.9 Å². The average molecular weight is 334 g/mol. The topological polar surface area (TPSA) is 89.8 Å². The Balaban J connectivity index is 1.84. The molecule has 0 amide bonds. The van der Waals surface area contributed by atoms with Gasteiger partial charge in [-0.3, -0.25) is 10.1 Å². The number of ether oxygens (including phenoxy) is 1. The molecule has 0 saturated carbocycles. The van der Waals surface area contributed by atoms with E-state index in [1.807, 2.05) is 30.3 Å². The Morgan fingerprint density at radius 3 is 2.57 bits per heavy atom. The molecule has 1 aliphatic heterocycles. The van der Waals surface area contributed by atoms with E-state index in [-0.39, 0.29) is 30.0 Å².